The Hall–Kier alpha value is -2.76. The average molecular weight is 355 g/mol. The molecule has 4 rings (SSSR count). The van der Waals surface area contributed by atoms with Crippen molar-refractivity contribution in [3.63, 3.8) is 0 Å². The highest BCUT2D eigenvalue weighted by Crippen LogP contribution is 2.38. The summed E-state index contributed by atoms with van der Waals surface area (Å²) in [6, 6.07) is 9.52. The first-order valence-corrected chi connectivity index (χ1v) is 8.81. The van der Waals surface area contributed by atoms with E-state index in [1.807, 2.05) is 26.0 Å². The molecular weight excluding hydrogens is 334 g/mol. The molecule has 1 aliphatic heterocycles. The molecule has 0 amide bonds. The lowest BCUT2D eigenvalue weighted by Crippen LogP contribution is -2.38. The SMILES string of the molecule is Cc1cc(C(=O)COC(=O)C2COc3ccccc3O2)c(C)n1C1CC1. The molecule has 6 nitrogen and oxygen atoms in total. The van der Waals surface area contributed by atoms with Gasteiger partial charge in [-0.25, -0.2) is 4.79 Å². The van der Waals surface area contributed by atoms with Gasteiger partial charge in [-0.1, -0.05) is 12.1 Å². The maximum Gasteiger partial charge on any atom is 0.351 e. The fourth-order valence-corrected chi connectivity index (χ4v) is 3.40. The molecule has 1 atom stereocenters. The van der Waals surface area contributed by atoms with Crippen LogP contribution in [0.4, 0.5) is 0 Å². The number of fused-ring (bicyclic) bond motifs is 1. The summed E-state index contributed by atoms with van der Waals surface area (Å²) >= 11 is 0. The van der Waals surface area contributed by atoms with Crippen molar-refractivity contribution in [1.82, 2.24) is 4.57 Å². The molecule has 1 fully saturated rings. The highest BCUT2D eigenvalue weighted by molar-refractivity contribution is 5.99. The van der Waals surface area contributed by atoms with E-state index in [-0.39, 0.29) is 19.0 Å². The van der Waals surface area contributed by atoms with Crippen molar-refractivity contribution in [2.24, 2.45) is 0 Å². The van der Waals surface area contributed by atoms with Crippen molar-refractivity contribution < 1.29 is 23.8 Å². The third-order valence-corrected chi connectivity index (χ3v) is 4.81. The van der Waals surface area contributed by atoms with Gasteiger partial charge in [0.1, 0.15) is 6.61 Å². The Bertz CT molecular complexity index is 865. The second kappa shape index (κ2) is 6.52. The predicted octanol–water partition coefficient (Wildman–Crippen LogP) is 3.01. The number of esters is 1. The molecule has 1 saturated carbocycles. The third-order valence-electron chi connectivity index (χ3n) is 4.81. The van der Waals surface area contributed by atoms with Crippen LogP contribution in [0.5, 0.6) is 11.5 Å². The number of Topliss-reactive ketones (excluding diaryl/α,β-unsaturated/α-hetero) is 1. The lowest BCUT2D eigenvalue weighted by atomic mass is 10.1. The fraction of sp³-hybridized carbons (Fsp3) is 0.400. The molecule has 0 bridgehead atoms. The zero-order valence-electron chi connectivity index (χ0n) is 14.9. The standard InChI is InChI=1S/C20H21NO5/c1-12-9-15(13(2)21(12)14-7-8-14)16(22)10-25-20(23)19-11-24-17-5-3-4-6-18(17)26-19/h3-6,9,14,19H,7-8,10-11H2,1-2H3. The highest BCUT2D eigenvalue weighted by atomic mass is 16.6. The van der Waals surface area contributed by atoms with Crippen molar-refractivity contribution in [2.45, 2.75) is 38.8 Å². The van der Waals surface area contributed by atoms with Crippen LogP contribution in [0.25, 0.3) is 0 Å². The minimum Gasteiger partial charge on any atom is -0.485 e. The molecule has 1 unspecified atom stereocenters. The predicted molar refractivity (Wildman–Crippen MR) is 93.8 cm³/mol. The quantitative estimate of drug-likeness (QED) is 0.609. The number of hydrogen-bond acceptors (Lipinski definition) is 5. The molecule has 1 aromatic heterocycles. The lowest BCUT2D eigenvalue weighted by molar-refractivity contribution is -0.153. The van der Waals surface area contributed by atoms with Gasteiger partial charge in [-0.2, -0.15) is 0 Å². The molecule has 136 valence electrons. The first-order valence-electron chi connectivity index (χ1n) is 8.81. The van der Waals surface area contributed by atoms with Crippen LogP contribution in [-0.4, -0.2) is 35.6 Å². The number of nitrogens with zero attached hydrogens (tertiary/aromatic N) is 1. The summed E-state index contributed by atoms with van der Waals surface area (Å²) in [5, 5.41) is 0. The Morgan fingerprint density at radius 2 is 1.92 bits per heavy atom. The Morgan fingerprint density at radius 3 is 2.65 bits per heavy atom. The van der Waals surface area contributed by atoms with Crippen molar-refractivity contribution in [3.05, 3.63) is 47.3 Å². The largest absolute Gasteiger partial charge is 0.485 e. The van der Waals surface area contributed by atoms with Gasteiger partial charge in [0.15, 0.2) is 18.1 Å². The molecule has 2 aliphatic rings. The van der Waals surface area contributed by atoms with Crippen molar-refractivity contribution >= 4 is 11.8 Å². The summed E-state index contributed by atoms with van der Waals surface area (Å²) in [5.74, 6) is 0.305. The molecule has 26 heavy (non-hydrogen) atoms. The normalized spacial score (nSPS) is 18.5. The van der Waals surface area contributed by atoms with Crippen LogP contribution in [-0.2, 0) is 9.53 Å². The Kier molecular flexibility index (Phi) is 4.18. The number of hydrogen-bond donors (Lipinski definition) is 0. The Morgan fingerprint density at radius 1 is 1.19 bits per heavy atom. The third kappa shape index (κ3) is 3.07. The number of ketones is 1. The summed E-state index contributed by atoms with van der Waals surface area (Å²) in [4.78, 5) is 24.7. The smallest absolute Gasteiger partial charge is 0.351 e. The zero-order chi connectivity index (χ0) is 18.3. The Balaban J connectivity index is 1.38. The van der Waals surface area contributed by atoms with E-state index in [4.69, 9.17) is 14.2 Å². The van der Waals surface area contributed by atoms with Crippen LogP contribution >= 0.6 is 0 Å². The summed E-state index contributed by atoms with van der Waals surface area (Å²) in [6.07, 6.45) is 1.44. The van der Waals surface area contributed by atoms with E-state index in [0.29, 0.717) is 23.1 Å². The molecule has 6 heteroatoms. The van der Waals surface area contributed by atoms with E-state index < -0.39 is 12.1 Å². The van der Waals surface area contributed by atoms with E-state index >= 15 is 0 Å². The van der Waals surface area contributed by atoms with Crippen LogP contribution in [0.2, 0.25) is 0 Å². The van der Waals surface area contributed by atoms with E-state index in [1.54, 1.807) is 18.2 Å². The molecule has 1 aliphatic carbocycles. The number of aryl methyl sites for hydroxylation is 1. The molecule has 2 aromatic rings. The first-order chi connectivity index (χ1) is 12.5. The fourth-order valence-electron chi connectivity index (χ4n) is 3.40. The van der Waals surface area contributed by atoms with Crippen LogP contribution in [0, 0.1) is 13.8 Å². The van der Waals surface area contributed by atoms with Gasteiger partial charge in [0.25, 0.3) is 0 Å². The van der Waals surface area contributed by atoms with Gasteiger partial charge < -0.3 is 18.8 Å². The zero-order valence-corrected chi connectivity index (χ0v) is 14.9. The van der Waals surface area contributed by atoms with Crippen molar-refractivity contribution in [1.29, 1.82) is 0 Å². The molecular formula is C20H21NO5. The molecule has 2 heterocycles. The van der Waals surface area contributed by atoms with E-state index in [0.717, 1.165) is 24.2 Å². The van der Waals surface area contributed by atoms with E-state index in [2.05, 4.69) is 4.57 Å². The van der Waals surface area contributed by atoms with Gasteiger partial charge in [0.05, 0.1) is 0 Å². The maximum atomic E-state index is 12.5. The molecule has 0 N–H and O–H groups in total. The monoisotopic (exact) mass is 355 g/mol. The average Bonchev–Trinajstić information content (AvgIpc) is 3.43. The number of aromatic nitrogens is 1. The van der Waals surface area contributed by atoms with Gasteiger partial charge >= 0.3 is 5.97 Å². The number of ether oxygens (including phenoxy) is 3. The van der Waals surface area contributed by atoms with Crippen LogP contribution < -0.4 is 9.47 Å². The van der Waals surface area contributed by atoms with Gasteiger partial charge in [-0.3, -0.25) is 4.79 Å². The number of benzene rings is 1. The van der Waals surface area contributed by atoms with Gasteiger partial charge in [-0.15, -0.1) is 0 Å². The number of para-hydroxylation sites is 2. The number of rotatable bonds is 5. The minimum absolute atomic E-state index is 0.0697. The molecule has 0 saturated heterocycles. The number of carbonyl (C=O) groups excluding carboxylic acids is 2. The minimum atomic E-state index is -0.864. The van der Waals surface area contributed by atoms with Crippen molar-refractivity contribution in [2.75, 3.05) is 13.2 Å². The van der Waals surface area contributed by atoms with Gasteiger partial charge in [-0.05, 0) is 44.9 Å². The maximum absolute atomic E-state index is 12.5. The van der Waals surface area contributed by atoms with Gasteiger partial charge in [0, 0.05) is 23.0 Å². The first kappa shape index (κ1) is 16.7. The second-order valence-electron chi connectivity index (χ2n) is 6.78. The second-order valence-corrected chi connectivity index (χ2v) is 6.78. The topological polar surface area (TPSA) is 66.8 Å². The molecule has 0 radical (unpaired) electrons. The molecule has 1 aromatic carbocycles. The van der Waals surface area contributed by atoms with Crippen LogP contribution in [0.15, 0.2) is 30.3 Å². The summed E-state index contributed by atoms with van der Waals surface area (Å²) < 4.78 is 18.5. The number of carbonyl (C=O) groups is 2. The van der Waals surface area contributed by atoms with Crippen LogP contribution in [0.3, 0.4) is 0 Å². The van der Waals surface area contributed by atoms with Crippen molar-refractivity contribution in [3.8, 4) is 11.5 Å². The molecule has 0 spiro atoms. The Labute approximate surface area is 151 Å². The van der Waals surface area contributed by atoms with E-state index in [1.165, 1.54) is 0 Å². The van der Waals surface area contributed by atoms with Crippen LogP contribution in [0.1, 0.15) is 40.6 Å². The highest BCUT2D eigenvalue weighted by Gasteiger charge is 2.31. The lowest BCUT2D eigenvalue weighted by Gasteiger charge is -2.24. The summed E-state index contributed by atoms with van der Waals surface area (Å²) in [5.41, 5.74) is 2.63. The summed E-state index contributed by atoms with van der Waals surface area (Å²) in [6.45, 7) is 3.71. The van der Waals surface area contributed by atoms with E-state index in [9.17, 15) is 9.59 Å². The summed E-state index contributed by atoms with van der Waals surface area (Å²) in [7, 11) is 0. The van der Waals surface area contributed by atoms with Gasteiger partial charge in [0.2, 0.25) is 11.9 Å².